The molecule has 2 atom stereocenters. The highest BCUT2D eigenvalue weighted by molar-refractivity contribution is 5.99. The zero-order valence-electron chi connectivity index (χ0n) is 11.1. The van der Waals surface area contributed by atoms with E-state index in [1.807, 2.05) is 6.92 Å². The normalized spacial score (nSPS) is 30.8. The molecule has 4 heteroatoms. The number of hydrogen-bond donors (Lipinski definition) is 1. The molecule has 4 nitrogen and oxygen atoms in total. The molecule has 1 N–H and O–H groups in total. The van der Waals surface area contributed by atoms with Crippen LogP contribution in [0.1, 0.15) is 47.0 Å². The van der Waals surface area contributed by atoms with Crippen LogP contribution >= 0.6 is 0 Å². The van der Waals surface area contributed by atoms with Gasteiger partial charge in [0.1, 0.15) is 11.6 Å². The number of carbonyl (C=O) groups is 2. The first kappa shape index (κ1) is 12.4. The number of nitrogens with zero attached hydrogens (tertiary/aromatic N) is 1. The third-order valence-electron chi connectivity index (χ3n) is 4.27. The van der Waals surface area contributed by atoms with Gasteiger partial charge in [0.25, 0.3) is 0 Å². The molecule has 0 aromatic rings. The Kier molecular flexibility index (Phi) is 2.92. The Labute approximate surface area is 103 Å². The van der Waals surface area contributed by atoms with Crippen molar-refractivity contribution in [3.63, 3.8) is 0 Å². The van der Waals surface area contributed by atoms with Gasteiger partial charge in [0, 0.05) is 6.04 Å². The average molecular weight is 238 g/mol. The molecule has 96 valence electrons. The number of piperazine rings is 1. The summed E-state index contributed by atoms with van der Waals surface area (Å²) < 4.78 is 0. The fourth-order valence-electron chi connectivity index (χ4n) is 2.78. The molecule has 1 aliphatic heterocycles. The molecule has 2 rings (SSSR count). The zero-order chi connectivity index (χ0) is 12.8. The van der Waals surface area contributed by atoms with E-state index < -0.39 is 5.54 Å². The molecule has 1 saturated heterocycles. The molecule has 0 spiro atoms. The highest BCUT2D eigenvalue weighted by Crippen LogP contribution is 2.34. The predicted octanol–water partition coefficient (Wildman–Crippen LogP) is 1.30. The monoisotopic (exact) mass is 238 g/mol. The van der Waals surface area contributed by atoms with Gasteiger partial charge in [-0.2, -0.15) is 0 Å². The number of amides is 2. The summed E-state index contributed by atoms with van der Waals surface area (Å²) in [5, 5.41) is 2.78. The molecule has 2 aliphatic rings. The van der Waals surface area contributed by atoms with Crippen LogP contribution < -0.4 is 5.32 Å². The van der Waals surface area contributed by atoms with E-state index in [4.69, 9.17) is 0 Å². The van der Waals surface area contributed by atoms with Gasteiger partial charge in [-0.15, -0.1) is 0 Å². The maximum absolute atomic E-state index is 12.4. The molecule has 0 aromatic heterocycles. The van der Waals surface area contributed by atoms with E-state index in [2.05, 4.69) is 12.2 Å². The molecule has 2 fully saturated rings. The van der Waals surface area contributed by atoms with Gasteiger partial charge in [-0.1, -0.05) is 6.42 Å². The molecule has 17 heavy (non-hydrogen) atoms. The zero-order valence-corrected chi connectivity index (χ0v) is 11.1. The van der Waals surface area contributed by atoms with Crippen molar-refractivity contribution >= 4 is 11.8 Å². The molecule has 1 aliphatic carbocycles. The summed E-state index contributed by atoms with van der Waals surface area (Å²) in [6, 6.07) is -0.164. The van der Waals surface area contributed by atoms with Crippen LogP contribution in [0.3, 0.4) is 0 Å². The largest absolute Gasteiger partial charge is 0.340 e. The first-order valence-electron chi connectivity index (χ1n) is 6.49. The number of carbonyl (C=O) groups excluding carboxylic acids is 2. The Morgan fingerprint density at radius 3 is 2.41 bits per heavy atom. The van der Waals surface area contributed by atoms with Crippen molar-refractivity contribution in [2.24, 2.45) is 5.92 Å². The highest BCUT2D eigenvalue weighted by atomic mass is 16.2. The number of rotatable bonds is 2. The van der Waals surface area contributed by atoms with E-state index in [0.717, 1.165) is 0 Å². The number of nitrogens with one attached hydrogen (secondary N) is 1. The molecule has 0 radical (unpaired) electrons. The molecule has 1 heterocycles. The highest BCUT2D eigenvalue weighted by Gasteiger charge is 2.46. The third kappa shape index (κ3) is 1.94. The van der Waals surface area contributed by atoms with Crippen molar-refractivity contribution in [1.82, 2.24) is 10.2 Å². The second kappa shape index (κ2) is 4.00. The lowest BCUT2D eigenvalue weighted by atomic mass is 9.78. The van der Waals surface area contributed by atoms with Gasteiger partial charge in [-0.05, 0) is 46.5 Å². The molecule has 2 unspecified atom stereocenters. The molecule has 0 aromatic carbocycles. The van der Waals surface area contributed by atoms with E-state index in [9.17, 15) is 9.59 Å². The summed E-state index contributed by atoms with van der Waals surface area (Å²) >= 11 is 0. The Balaban J connectivity index is 2.22. The Morgan fingerprint density at radius 2 is 1.94 bits per heavy atom. The Morgan fingerprint density at radius 1 is 1.35 bits per heavy atom. The maximum atomic E-state index is 12.4. The van der Waals surface area contributed by atoms with Crippen LogP contribution in [0, 0.1) is 5.92 Å². The molecular formula is C13H22N2O2. The fraction of sp³-hybridized carbons (Fsp3) is 0.846. The minimum Gasteiger partial charge on any atom is -0.340 e. The summed E-state index contributed by atoms with van der Waals surface area (Å²) in [6.07, 6.45) is 3.61. The van der Waals surface area contributed by atoms with Crippen molar-refractivity contribution in [1.29, 1.82) is 0 Å². The topological polar surface area (TPSA) is 49.4 Å². The predicted molar refractivity (Wildman–Crippen MR) is 65.3 cm³/mol. The summed E-state index contributed by atoms with van der Waals surface area (Å²) in [6.45, 7) is 7.45. The van der Waals surface area contributed by atoms with E-state index in [1.165, 1.54) is 19.3 Å². The van der Waals surface area contributed by atoms with Gasteiger partial charge in [0.05, 0.1) is 0 Å². The molecule has 2 amide bonds. The average Bonchev–Trinajstić information content (AvgIpc) is 2.12. The van der Waals surface area contributed by atoms with E-state index in [0.29, 0.717) is 5.92 Å². The summed E-state index contributed by atoms with van der Waals surface area (Å²) in [7, 11) is 0. The quantitative estimate of drug-likeness (QED) is 0.788. The van der Waals surface area contributed by atoms with Gasteiger partial charge in [0.2, 0.25) is 11.8 Å². The molecule has 1 saturated carbocycles. The smallest absolute Gasteiger partial charge is 0.248 e. The minimum atomic E-state index is -0.762. The van der Waals surface area contributed by atoms with Gasteiger partial charge >= 0.3 is 0 Å². The van der Waals surface area contributed by atoms with Crippen molar-refractivity contribution in [3.05, 3.63) is 0 Å². The first-order valence-corrected chi connectivity index (χ1v) is 6.49. The van der Waals surface area contributed by atoms with Crippen LogP contribution in [0.15, 0.2) is 0 Å². The lowest BCUT2D eigenvalue weighted by Gasteiger charge is -2.48. The SMILES string of the molecule is CC1C(=O)NC(C)(C)C(=O)N1C(C)C1CCC1. The third-order valence-corrected chi connectivity index (χ3v) is 4.27. The Bertz CT molecular complexity index is 347. The summed E-state index contributed by atoms with van der Waals surface area (Å²) in [4.78, 5) is 26.1. The van der Waals surface area contributed by atoms with Crippen molar-refractivity contribution in [2.75, 3.05) is 0 Å². The second-order valence-electron chi connectivity index (χ2n) is 5.93. The van der Waals surface area contributed by atoms with Gasteiger partial charge in [0.15, 0.2) is 0 Å². The standard InChI is InChI=1S/C13H22N2O2/c1-8(10-6-5-7-10)15-9(2)11(16)14-13(3,4)12(15)17/h8-10H,5-7H2,1-4H3,(H,14,16). The summed E-state index contributed by atoms with van der Waals surface area (Å²) in [5.41, 5.74) is -0.762. The maximum Gasteiger partial charge on any atom is 0.248 e. The van der Waals surface area contributed by atoms with E-state index in [-0.39, 0.29) is 23.9 Å². The number of hydrogen-bond acceptors (Lipinski definition) is 2. The second-order valence-corrected chi connectivity index (χ2v) is 5.93. The summed E-state index contributed by atoms with van der Waals surface area (Å²) in [5.74, 6) is 0.577. The minimum absolute atomic E-state index is 0.0410. The van der Waals surface area contributed by atoms with Gasteiger partial charge in [-0.25, -0.2) is 0 Å². The van der Waals surface area contributed by atoms with Crippen LogP contribution in [-0.2, 0) is 9.59 Å². The van der Waals surface area contributed by atoms with Crippen molar-refractivity contribution in [3.8, 4) is 0 Å². The molecule has 0 bridgehead atoms. The van der Waals surface area contributed by atoms with E-state index in [1.54, 1.807) is 18.7 Å². The van der Waals surface area contributed by atoms with E-state index >= 15 is 0 Å². The van der Waals surface area contributed by atoms with Gasteiger partial charge < -0.3 is 10.2 Å². The van der Waals surface area contributed by atoms with Crippen LogP contribution in [0.2, 0.25) is 0 Å². The Hall–Kier alpha value is -1.06. The van der Waals surface area contributed by atoms with Crippen molar-refractivity contribution in [2.45, 2.75) is 64.6 Å². The van der Waals surface area contributed by atoms with Gasteiger partial charge in [-0.3, -0.25) is 9.59 Å². The van der Waals surface area contributed by atoms with Crippen LogP contribution in [0.4, 0.5) is 0 Å². The van der Waals surface area contributed by atoms with Crippen LogP contribution in [0.25, 0.3) is 0 Å². The lowest BCUT2D eigenvalue weighted by Crippen LogP contribution is -2.69. The van der Waals surface area contributed by atoms with Crippen LogP contribution in [-0.4, -0.2) is 34.3 Å². The van der Waals surface area contributed by atoms with Crippen LogP contribution in [0.5, 0.6) is 0 Å². The van der Waals surface area contributed by atoms with Crippen molar-refractivity contribution < 1.29 is 9.59 Å². The fourth-order valence-corrected chi connectivity index (χ4v) is 2.78. The lowest BCUT2D eigenvalue weighted by molar-refractivity contribution is -0.157. The first-order chi connectivity index (χ1) is 7.84. The molecular weight excluding hydrogens is 216 g/mol.